The fraction of sp³-hybridized carbons (Fsp3) is 0.529. The molecule has 1 atom stereocenters. The summed E-state index contributed by atoms with van der Waals surface area (Å²) >= 11 is 0. The van der Waals surface area contributed by atoms with E-state index in [1.807, 2.05) is 0 Å². The number of nitrogens with zero attached hydrogens (tertiary/aromatic N) is 1. The van der Waals surface area contributed by atoms with Crippen molar-refractivity contribution in [3.63, 3.8) is 0 Å². The van der Waals surface area contributed by atoms with Crippen molar-refractivity contribution in [1.82, 2.24) is 10.2 Å². The van der Waals surface area contributed by atoms with E-state index in [-0.39, 0.29) is 23.5 Å². The summed E-state index contributed by atoms with van der Waals surface area (Å²) < 4.78 is 12.9. The van der Waals surface area contributed by atoms with E-state index in [9.17, 15) is 14.0 Å². The smallest absolute Gasteiger partial charge is 0.253 e. The molecule has 1 heterocycles. The third-order valence-electron chi connectivity index (χ3n) is 4.43. The van der Waals surface area contributed by atoms with Crippen LogP contribution in [0, 0.1) is 17.7 Å². The summed E-state index contributed by atoms with van der Waals surface area (Å²) in [5.74, 6) is 0.108. The summed E-state index contributed by atoms with van der Waals surface area (Å²) in [6.45, 7) is 1.87. The number of nitrogens with one attached hydrogen (secondary N) is 1. The predicted octanol–water partition coefficient (Wildman–Crippen LogP) is 2.20. The zero-order valence-electron chi connectivity index (χ0n) is 12.6. The van der Waals surface area contributed by atoms with Gasteiger partial charge < -0.3 is 10.2 Å². The molecule has 1 aromatic carbocycles. The molecule has 1 N–H and O–H groups in total. The molecule has 0 radical (unpaired) electrons. The summed E-state index contributed by atoms with van der Waals surface area (Å²) in [6, 6.07) is 5.57. The monoisotopic (exact) mass is 304 g/mol. The zero-order valence-corrected chi connectivity index (χ0v) is 12.6. The van der Waals surface area contributed by atoms with Crippen molar-refractivity contribution in [2.45, 2.75) is 25.7 Å². The molecule has 2 aliphatic rings. The van der Waals surface area contributed by atoms with Crippen molar-refractivity contribution in [2.24, 2.45) is 11.8 Å². The molecule has 118 valence electrons. The molecule has 0 spiro atoms. The summed E-state index contributed by atoms with van der Waals surface area (Å²) in [5, 5.41) is 2.99. The molecule has 1 saturated carbocycles. The SMILES string of the molecule is O=C(NCC1CC1)C1CCCN(C(=O)c2ccc(F)cc2)C1. The first-order valence-corrected chi connectivity index (χ1v) is 7.96. The van der Waals surface area contributed by atoms with Crippen molar-refractivity contribution in [1.29, 1.82) is 0 Å². The Balaban J connectivity index is 1.58. The van der Waals surface area contributed by atoms with E-state index in [2.05, 4.69) is 5.32 Å². The predicted molar refractivity (Wildman–Crippen MR) is 80.8 cm³/mol. The third kappa shape index (κ3) is 3.64. The molecule has 4 nitrogen and oxygen atoms in total. The number of rotatable bonds is 4. The summed E-state index contributed by atoms with van der Waals surface area (Å²) in [7, 11) is 0. The van der Waals surface area contributed by atoms with Gasteiger partial charge in [-0.2, -0.15) is 0 Å². The van der Waals surface area contributed by atoms with Crippen molar-refractivity contribution < 1.29 is 14.0 Å². The van der Waals surface area contributed by atoms with Crippen LogP contribution in [0.4, 0.5) is 4.39 Å². The molecule has 1 saturated heterocycles. The first-order valence-electron chi connectivity index (χ1n) is 7.96. The number of hydrogen-bond acceptors (Lipinski definition) is 2. The number of piperidine rings is 1. The van der Waals surface area contributed by atoms with Gasteiger partial charge in [0, 0.05) is 25.2 Å². The molecule has 1 aliphatic carbocycles. The average molecular weight is 304 g/mol. The van der Waals surface area contributed by atoms with Crippen LogP contribution in [-0.4, -0.2) is 36.3 Å². The lowest BCUT2D eigenvalue weighted by Crippen LogP contribution is -2.45. The number of carbonyl (C=O) groups is 2. The minimum Gasteiger partial charge on any atom is -0.356 e. The first kappa shape index (κ1) is 15.0. The minimum absolute atomic E-state index is 0.0588. The van der Waals surface area contributed by atoms with Gasteiger partial charge in [-0.15, -0.1) is 0 Å². The van der Waals surface area contributed by atoms with Gasteiger partial charge in [-0.05, 0) is 55.9 Å². The van der Waals surface area contributed by atoms with Crippen LogP contribution in [0.25, 0.3) is 0 Å². The van der Waals surface area contributed by atoms with Gasteiger partial charge in [-0.25, -0.2) is 4.39 Å². The lowest BCUT2D eigenvalue weighted by molar-refractivity contribution is -0.126. The number of carbonyl (C=O) groups excluding carboxylic acids is 2. The second-order valence-corrected chi connectivity index (χ2v) is 6.29. The molecule has 1 aliphatic heterocycles. The van der Waals surface area contributed by atoms with E-state index in [1.54, 1.807) is 4.90 Å². The summed E-state index contributed by atoms with van der Waals surface area (Å²) in [5.41, 5.74) is 0.473. The lowest BCUT2D eigenvalue weighted by atomic mass is 9.96. The van der Waals surface area contributed by atoms with Gasteiger partial charge >= 0.3 is 0 Å². The van der Waals surface area contributed by atoms with Crippen LogP contribution in [0.5, 0.6) is 0 Å². The Hall–Kier alpha value is -1.91. The van der Waals surface area contributed by atoms with Crippen LogP contribution in [0.2, 0.25) is 0 Å². The molecule has 2 fully saturated rings. The number of amides is 2. The molecule has 1 aromatic rings. The summed E-state index contributed by atoms with van der Waals surface area (Å²) in [4.78, 5) is 26.3. The highest BCUT2D eigenvalue weighted by atomic mass is 19.1. The van der Waals surface area contributed by atoms with Crippen LogP contribution in [0.3, 0.4) is 0 Å². The molecule has 0 aromatic heterocycles. The molecule has 2 amide bonds. The lowest BCUT2D eigenvalue weighted by Gasteiger charge is -2.32. The van der Waals surface area contributed by atoms with Gasteiger partial charge in [0.15, 0.2) is 0 Å². The Morgan fingerprint density at radius 2 is 1.91 bits per heavy atom. The Bertz CT molecular complexity index is 554. The van der Waals surface area contributed by atoms with Gasteiger partial charge in [0.25, 0.3) is 5.91 Å². The van der Waals surface area contributed by atoms with Gasteiger partial charge in [0.05, 0.1) is 5.92 Å². The molecular weight excluding hydrogens is 283 g/mol. The van der Waals surface area contributed by atoms with Crippen LogP contribution < -0.4 is 5.32 Å². The van der Waals surface area contributed by atoms with Crippen LogP contribution in [0.15, 0.2) is 24.3 Å². The van der Waals surface area contributed by atoms with E-state index in [4.69, 9.17) is 0 Å². The molecule has 0 bridgehead atoms. The van der Waals surface area contributed by atoms with Crippen LogP contribution >= 0.6 is 0 Å². The second kappa shape index (κ2) is 6.46. The Kier molecular flexibility index (Phi) is 4.41. The quantitative estimate of drug-likeness (QED) is 0.927. The highest BCUT2D eigenvalue weighted by Crippen LogP contribution is 2.28. The average Bonchev–Trinajstić information content (AvgIpc) is 3.37. The van der Waals surface area contributed by atoms with Crippen molar-refractivity contribution in [2.75, 3.05) is 19.6 Å². The molecular formula is C17H21FN2O2. The van der Waals surface area contributed by atoms with Crippen LogP contribution in [-0.2, 0) is 4.79 Å². The Morgan fingerprint density at radius 3 is 2.59 bits per heavy atom. The first-order chi connectivity index (χ1) is 10.6. The van der Waals surface area contributed by atoms with E-state index in [0.29, 0.717) is 24.6 Å². The topological polar surface area (TPSA) is 49.4 Å². The fourth-order valence-corrected chi connectivity index (χ4v) is 2.86. The number of halogens is 1. The molecule has 1 unspecified atom stereocenters. The fourth-order valence-electron chi connectivity index (χ4n) is 2.86. The molecule has 3 rings (SSSR count). The normalized spacial score (nSPS) is 21.5. The van der Waals surface area contributed by atoms with Gasteiger partial charge in [-0.3, -0.25) is 9.59 Å². The number of hydrogen-bond donors (Lipinski definition) is 1. The summed E-state index contributed by atoms with van der Waals surface area (Å²) in [6.07, 6.45) is 4.07. The minimum atomic E-state index is -0.354. The molecule has 5 heteroatoms. The van der Waals surface area contributed by atoms with Crippen molar-refractivity contribution in [3.8, 4) is 0 Å². The van der Waals surface area contributed by atoms with Crippen molar-refractivity contribution in [3.05, 3.63) is 35.6 Å². The maximum atomic E-state index is 12.9. The van der Waals surface area contributed by atoms with Gasteiger partial charge in [0.1, 0.15) is 5.82 Å². The number of benzene rings is 1. The second-order valence-electron chi connectivity index (χ2n) is 6.29. The molecule has 22 heavy (non-hydrogen) atoms. The standard InChI is InChI=1S/C17H21FN2O2/c18-15-7-5-13(6-8-15)17(22)20-9-1-2-14(11-20)16(21)19-10-12-3-4-12/h5-8,12,14H,1-4,9-11H2,(H,19,21). The van der Waals surface area contributed by atoms with Gasteiger partial charge in [0.2, 0.25) is 5.91 Å². The zero-order chi connectivity index (χ0) is 15.5. The van der Waals surface area contributed by atoms with E-state index in [0.717, 1.165) is 19.4 Å². The van der Waals surface area contributed by atoms with E-state index >= 15 is 0 Å². The maximum Gasteiger partial charge on any atom is 0.253 e. The van der Waals surface area contributed by atoms with E-state index in [1.165, 1.54) is 37.1 Å². The van der Waals surface area contributed by atoms with Crippen molar-refractivity contribution >= 4 is 11.8 Å². The largest absolute Gasteiger partial charge is 0.356 e. The number of likely N-dealkylation sites (tertiary alicyclic amines) is 1. The third-order valence-corrected chi connectivity index (χ3v) is 4.43. The maximum absolute atomic E-state index is 12.9. The highest BCUT2D eigenvalue weighted by Gasteiger charge is 2.30. The van der Waals surface area contributed by atoms with Gasteiger partial charge in [-0.1, -0.05) is 0 Å². The Morgan fingerprint density at radius 1 is 1.18 bits per heavy atom. The van der Waals surface area contributed by atoms with E-state index < -0.39 is 0 Å². The Labute approximate surface area is 129 Å². The van der Waals surface area contributed by atoms with Crippen LogP contribution in [0.1, 0.15) is 36.0 Å². The highest BCUT2D eigenvalue weighted by molar-refractivity contribution is 5.94.